The molecule has 1 saturated heterocycles. The highest BCUT2D eigenvalue weighted by Gasteiger charge is 2.44. The minimum atomic E-state index is -1.20. The number of likely N-dealkylation sites (tertiary alicyclic amines) is 1. The lowest BCUT2D eigenvalue weighted by molar-refractivity contribution is -0.385. The zero-order valence-electron chi connectivity index (χ0n) is 22.2. The van der Waals surface area contributed by atoms with Gasteiger partial charge in [-0.1, -0.05) is 42.5 Å². The largest absolute Gasteiger partial charge is 0.459 e. The highest BCUT2D eigenvalue weighted by Crippen LogP contribution is 2.39. The van der Waals surface area contributed by atoms with E-state index in [9.17, 15) is 19.7 Å². The van der Waals surface area contributed by atoms with Gasteiger partial charge in [0.1, 0.15) is 12.1 Å². The molecule has 2 aliphatic heterocycles. The van der Waals surface area contributed by atoms with Gasteiger partial charge in [0.2, 0.25) is 0 Å². The number of amides is 1. The number of hydrogen-bond donors (Lipinski definition) is 1. The van der Waals surface area contributed by atoms with Crippen LogP contribution in [0.5, 0.6) is 0 Å². The lowest BCUT2D eigenvalue weighted by Gasteiger charge is -2.39. The van der Waals surface area contributed by atoms with Crippen molar-refractivity contribution in [3.05, 3.63) is 87.1 Å². The Balaban J connectivity index is 1.58. The molecular weight excluding hydrogens is 520 g/mol. The molecule has 0 spiro atoms. The Morgan fingerprint density at radius 3 is 2.38 bits per heavy atom. The first kappa shape index (κ1) is 28.2. The van der Waals surface area contributed by atoms with Crippen molar-refractivity contribution in [2.75, 3.05) is 13.1 Å². The second-order valence-electron chi connectivity index (χ2n) is 9.86. The van der Waals surface area contributed by atoms with E-state index >= 15 is 0 Å². The molecular formula is C28H32N4O6S. The number of nitrogens with one attached hydrogen (secondary N) is 1. The molecule has 10 nitrogen and oxygen atoms in total. The number of carbonyl (C=O) groups excluding carboxylic acids is 2. The van der Waals surface area contributed by atoms with Crippen LogP contribution in [0.2, 0.25) is 0 Å². The number of carbonyl (C=O) groups is 2. The van der Waals surface area contributed by atoms with Gasteiger partial charge in [-0.3, -0.25) is 15.0 Å². The van der Waals surface area contributed by atoms with Crippen molar-refractivity contribution in [1.82, 2.24) is 15.1 Å². The van der Waals surface area contributed by atoms with Crippen molar-refractivity contribution >= 4 is 35.1 Å². The molecule has 1 amide bonds. The molecule has 0 saturated carbocycles. The summed E-state index contributed by atoms with van der Waals surface area (Å²) in [5.74, 6) is -0.701. The molecule has 2 heterocycles. The smallest absolute Gasteiger partial charge is 0.417 e. The van der Waals surface area contributed by atoms with E-state index in [2.05, 4.69) is 22.3 Å². The number of allylic oxidation sites excluding steroid dienone is 1. The molecule has 2 aromatic rings. The number of nitro benzene ring substituents is 1. The second-order valence-corrected chi connectivity index (χ2v) is 10.2. The fourth-order valence-corrected chi connectivity index (χ4v) is 5.21. The van der Waals surface area contributed by atoms with Crippen LogP contribution in [0.3, 0.4) is 0 Å². The molecule has 4 rings (SSSR count). The average molecular weight is 553 g/mol. The Bertz CT molecular complexity index is 1270. The van der Waals surface area contributed by atoms with E-state index in [1.807, 2.05) is 18.2 Å². The fraction of sp³-hybridized carbons (Fsp3) is 0.393. The summed E-state index contributed by atoms with van der Waals surface area (Å²) >= 11 is 5.50. The number of rotatable bonds is 7. The van der Waals surface area contributed by atoms with Crippen LogP contribution in [0.15, 0.2) is 65.9 Å². The van der Waals surface area contributed by atoms with E-state index in [-0.39, 0.29) is 28.0 Å². The lowest BCUT2D eigenvalue weighted by Crippen LogP contribution is -2.52. The van der Waals surface area contributed by atoms with Gasteiger partial charge in [-0.15, -0.1) is 0 Å². The van der Waals surface area contributed by atoms with Gasteiger partial charge in [-0.05, 0) is 57.5 Å². The third-order valence-electron chi connectivity index (χ3n) is 6.69. The summed E-state index contributed by atoms with van der Waals surface area (Å²) < 4.78 is 11.3. The van der Waals surface area contributed by atoms with E-state index in [4.69, 9.17) is 21.7 Å². The number of piperidine rings is 1. The molecule has 11 heteroatoms. The molecule has 0 bridgehead atoms. The minimum Gasteiger partial charge on any atom is -0.459 e. The van der Waals surface area contributed by atoms with Crippen molar-refractivity contribution in [2.24, 2.45) is 0 Å². The summed E-state index contributed by atoms with van der Waals surface area (Å²) in [4.78, 5) is 41.6. The second kappa shape index (κ2) is 12.4. The van der Waals surface area contributed by atoms with E-state index in [0.29, 0.717) is 18.5 Å². The predicted molar refractivity (Wildman–Crippen MR) is 149 cm³/mol. The van der Waals surface area contributed by atoms with Gasteiger partial charge in [-0.2, -0.15) is 0 Å². The summed E-state index contributed by atoms with van der Waals surface area (Å²) in [7, 11) is 0. The maximum absolute atomic E-state index is 13.6. The molecule has 0 aromatic heterocycles. The number of hydrogen-bond acceptors (Lipinski definition) is 8. The summed E-state index contributed by atoms with van der Waals surface area (Å²) in [6, 6.07) is 14.9. The van der Waals surface area contributed by atoms with Crippen LogP contribution in [0.1, 0.15) is 50.8 Å². The maximum Gasteiger partial charge on any atom is 0.417 e. The van der Waals surface area contributed by atoms with E-state index < -0.39 is 29.1 Å². The number of para-hydroxylation sites is 1. The molecule has 1 unspecified atom stereocenters. The normalized spacial score (nSPS) is 18.6. The van der Waals surface area contributed by atoms with Crippen LogP contribution >= 0.6 is 12.2 Å². The summed E-state index contributed by atoms with van der Waals surface area (Å²) in [5.41, 5.74) is 1.51. The SMILES string of the molecule is CC1=C(C(=O)OC(C)C)C(c2ccccc2[N+](=O)[O-])N(C(=O)OC2CCN(Cc3ccccc3)CC2)C(=S)N1. The molecule has 1 N–H and O–H groups in total. The van der Waals surface area contributed by atoms with E-state index in [0.717, 1.165) is 24.5 Å². The number of benzene rings is 2. The Morgan fingerprint density at radius 1 is 1.10 bits per heavy atom. The van der Waals surface area contributed by atoms with Gasteiger partial charge in [0.15, 0.2) is 5.11 Å². The first-order chi connectivity index (χ1) is 18.7. The van der Waals surface area contributed by atoms with Crippen molar-refractivity contribution in [3.63, 3.8) is 0 Å². The predicted octanol–water partition coefficient (Wildman–Crippen LogP) is 4.85. The number of thiocarbonyl (C=S) groups is 1. The van der Waals surface area contributed by atoms with Crippen LogP contribution in [-0.4, -0.2) is 57.2 Å². The van der Waals surface area contributed by atoms with Gasteiger partial charge in [0.25, 0.3) is 5.69 Å². The Labute approximate surface area is 232 Å². The molecule has 2 aromatic carbocycles. The number of ether oxygens (including phenoxy) is 2. The van der Waals surface area contributed by atoms with Gasteiger partial charge < -0.3 is 14.8 Å². The van der Waals surface area contributed by atoms with Crippen molar-refractivity contribution < 1.29 is 24.0 Å². The van der Waals surface area contributed by atoms with Gasteiger partial charge in [0, 0.05) is 31.4 Å². The first-order valence-corrected chi connectivity index (χ1v) is 13.3. The third-order valence-corrected chi connectivity index (χ3v) is 6.99. The zero-order valence-corrected chi connectivity index (χ0v) is 23.0. The quantitative estimate of drug-likeness (QED) is 0.223. The average Bonchev–Trinajstić information content (AvgIpc) is 2.89. The first-order valence-electron chi connectivity index (χ1n) is 12.9. The van der Waals surface area contributed by atoms with E-state index in [1.54, 1.807) is 26.8 Å². The minimum absolute atomic E-state index is 0.0109. The number of esters is 1. The van der Waals surface area contributed by atoms with Crippen molar-refractivity contribution in [2.45, 2.75) is 58.4 Å². The van der Waals surface area contributed by atoms with Crippen LogP contribution in [0.4, 0.5) is 10.5 Å². The Morgan fingerprint density at radius 2 is 1.74 bits per heavy atom. The van der Waals surface area contributed by atoms with Crippen LogP contribution < -0.4 is 5.32 Å². The topological polar surface area (TPSA) is 114 Å². The number of nitrogens with zero attached hydrogens (tertiary/aromatic N) is 3. The lowest BCUT2D eigenvalue weighted by atomic mass is 9.93. The standard InChI is InChI=1S/C28H32N4O6S/c1-18(2)37-26(33)24-19(3)29-27(39)31(25(24)22-11-7-8-12-23(22)32(35)36)28(34)38-21-13-15-30(16-14-21)17-20-9-5-4-6-10-20/h4-12,18,21,25H,13-17H2,1-3H3,(H,29,39). The van der Waals surface area contributed by atoms with Gasteiger partial charge >= 0.3 is 12.1 Å². The maximum atomic E-state index is 13.6. The molecule has 1 atom stereocenters. The van der Waals surface area contributed by atoms with Gasteiger partial charge in [-0.25, -0.2) is 14.5 Å². The van der Waals surface area contributed by atoms with Crippen molar-refractivity contribution in [1.29, 1.82) is 0 Å². The molecule has 0 radical (unpaired) electrons. The molecule has 2 aliphatic rings. The Hall–Kier alpha value is -3.83. The summed E-state index contributed by atoms with van der Waals surface area (Å²) in [6.07, 6.45) is -0.337. The molecule has 1 fully saturated rings. The summed E-state index contributed by atoms with van der Waals surface area (Å²) in [6.45, 7) is 7.32. The van der Waals surface area contributed by atoms with Crippen LogP contribution in [-0.2, 0) is 20.8 Å². The molecule has 206 valence electrons. The molecule has 0 aliphatic carbocycles. The third kappa shape index (κ3) is 6.61. The monoisotopic (exact) mass is 552 g/mol. The Kier molecular flexibility index (Phi) is 8.93. The fourth-order valence-electron chi connectivity index (χ4n) is 4.88. The highest BCUT2D eigenvalue weighted by molar-refractivity contribution is 7.80. The van der Waals surface area contributed by atoms with Gasteiger partial charge in [0.05, 0.1) is 22.2 Å². The highest BCUT2D eigenvalue weighted by atomic mass is 32.1. The summed E-state index contributed by atoms with van der Waals surface area (Å²) in [5, 5.41) is 14.8. The van der Waals surface area contributed by atoms with Crippen LogP contribution in [0, 0.1) is 10.1 Å². The van der Waals surface area contributed by atoms with Crippen molar-refractivity contribution in [3.8, 4) is 0 Å². The zero-order chi connectivity index (χ0) is 28.1. The molecule has 39 heavy (non-hydrogen) atoms. The number of nitro groups is 1. The van der Waals surface area contributed by atoms with E-state index in [1.165, 1.54) is 23.8 Å². The van der Waals surface area contributed by atoms with Crippen LogP contribution in [0.25, 0.3) is 0 Å².